The zero-order valence-corrected chi connectivity index (χ0v) is 13.2. The fraction of sp³-hybridized carbons (Fsp3) is 0.111. The van der Waals surface area contributed by atoms with E-state index in [1.807, 2.05) is 31.2 Å². The summed E-state index contributed by atoms with van der Waals surface area (Å²) >= 11 is 6.33. The van der Waals surface area contributed by atoms with Crippen LogP contribution in [0.1, 0.15) is 17.0 Å². The van der Waals surface area contributed by atoms with Crippen LogP contribution in [0.5, 0.6) is 0 Å². The molecule has 0 fully saturated rings. The number of ether oxygens (including phenoxy) is 1. The van der Waals surface area contributed by atoms with E-state index in [9.17, 15) is 4.79 Å². The number of carbonyl (C=O) groups excluding carboxylic acids is 1. The fourth-order valence-corrected chi connectivity index (χ4v) is 2.44. The van der Waals surface area contributed by atoms with Crippen molar-refractivity contribution in [3.8, 4) is 0 Å². The Balaban J connectivity index is 1.74. The predicted molar refractivity (Wildman–Crippen MR) is 89.0 cm³/mol. The lowest BCUT2D eigenvalue weighted by Crippen LogP contribution is -2.04. The van der Waals surface area contributed by atoms with Crippen LogP contribution in [0.3, 0.4) is 0 Å². The average Bonchev–Trinajstić information content (AvgIpc) is 3.08. The first-order valence-electron chi connectivity index (χ1n) is 7.07. The van der Waals surface area contributed by atoms with Crippen molar-refractivity contribution in [1.82, 2.24) is 4.98 Å². The van der Waals surface area contributed by atoms with Crippen molar-refractivity contribution in [2.45, 2.75) is 13.5 Å². The molecule has 2 heterocycles. The third kappa shape index (κ3) is 3.43. The quantitative estimate of drug-likeness (QED) is 0.521. The number of halogens is 1. The highest BCUT2D eigenvalue weighted by Gasteiger charge is 2.11. The molecule has 0 N–H and O–H groups in total. The third-order valence-electron chi connectivity index (χ3n) is 3.42. The molecule has 4 nitrogen and oxygen atoms in total. The number of rotatable bonds is 4. The van der Waals surface area contributed by atoms with Crippen molar-refractivity contribution in [1.29, 1.82) is 0 Å². The van der Waals surface area contributed by atoms with Crippen LogP contribution in [0, 0.1) is 6.92 Å². The fourth-order valence-electron chi connectivity index (χ4n) is 2.24. The summed E-state index contributed by atoms with van der Waals surface area (Å²) in [5, 5.41) is 1.51. The molecule has 116 valence electrons. The van der Waals surface area contributed by atoms with Gasteiger partial charge >= 0.3 is 5.97 Å². The third-order valence-corrected chi connectivity index (χ3v) is 3.93. The Labute approximate surface area is 138 Å². The number of hydrogen-bond acceptors (Lipinski definition) is 4. The molecule has 1 aromatic carbocycles. The summed E-state index contributed by atoms with van der Waals surface area (Å²) in [7, 11) is 0. The van der Waals surface area contributed by atoms with Crippen LogP contribution in [0.15, 0.2) is 53.2 Å². The maximum atomic E-state index is 11.7. The Kier molecular flexibility index (Phi) is 4.44. The molecule has 0 radical (unpaired) electrons. The van der Waals surface area contributed by atoms with E-state index in [1.54, 1.807) is 18.2 Å². The molecular weight excluding hydrogens is 314 g/mol. The van der Waals surface area contributed by atoms with Crippen LogP contribution in [0.4, 0.5) is 0 Å². The molecule has 0 saturated carbocycles. The standard InChI is InChI=1S/C18H14ClNO3/c1-12-14-6-2-3-7-15(14)20-16(18(12)19)11-23-17(21)9-8-13-5-4-10-22-13/h2-10H,11H2,1H3/b9-8+. The molecule has 3 rings (SSSR count). The number of hydrogen-bond donors (Lipinski definition) is 0. The molecule has 0 bridgehead atoms. The summed E-state index contributed by atoms with van der Waals surface area (Å²) in [6, 6.07) is 11.2. The number of fused-ring (bicyclic) bond motifs is 1. The molecule has 23 heavy (non-hydrogen) atoms. The van der Waals surface area contributed by atoms with E-state index >= 15 is 0 Å². The van der Waals surface area contributed by atoms with E-state index in [0.29, 0.717) is 16.5 Å². The van der Waals surface area contributed by atoms with E-state index in [-0.39, 0.29) is 6.61 Å². The van der Waals surface area contributed by atoms with Crippen LogP contribution in [-0.4, -0.2) is 11.0 Å². The first kappa shape index (κ1) is 15.3. The molecule has 0 aliphatic carbocycles. The molecule has 0 atom stereocenters. The normalized spacial score (nSPS) is 11.2. The van der Waals surface area contributed by atoms with Gasteiger partial charge in [-0.15, -0.1) is 0 Å². The lowest BCUT2D eigenvalue weighted by molar-refractivity contribution is -0.139. The molecular formula is C18H14ClNO3. The Morgan fingerprint density at radius 2 is 2.13 bits per heavy atom. The minimum Gasteiger partial charge on any atom is -0.465 e. The van der Waals surface area contributed by atoms with Gasteiger partial charge in [0.1, 0.15) is 12.4 Å². The van der Waals surface area contributed by atoms with Gasteiger partial charge in [0.15, 0.2) is 0 Å². The predicted octanol–water partition coefficient (Wildman–Crippen LogP) is 4.55. The van der Waals surface area contributed by atoms with Gasteiger partial charge in [-0.05, 0) is 36.8 Å². The summed E-state index contributed by atoms with van der Waals surface area (Å²) in [5.74, 6) is 0.102. The maximum absolute atomic E-state index is 11.7. The summed E-state index contributed by atoms with van der Waals surface area (Å²) in [5.41, 5.74) is 2.30. The van der Waals surface area contributed by atoms with Gasteiger partial charge in [-0.3, -0.25) is 0 Å². The topological polar surface area (TPSA) is 52.3 Å². The highest BCUT2D eigenvalue weighted by atomic mass is 35.5. The molecule has 0 aliphatic heterocycles. The van der Waals surface area contributed by atoms with Gasteiger partial charge in [0, 0.05) is 11.5 Å². The number of nitrogens with zero attached hydrogens (tertiary/aromatic N) is 1. The number of esters is 1. The van der Waals surface area contributed by atoms with Crippen LogP contribution in [-0.2, 0) is 16.1 Å². The van der Waals surface area contributed by atoms with Crippen molar-refractivity contribution in [3.63, 3.8) is 0 Å². The van der Waals surface area contributed by atoms with Crippen LogP contribution in [0.2, 0.25) is 5.02 Å². The van der Waals surface area contributed by atoms with E-state index < -0.39 is 5.97 Å². The zero-order valence-electron chi connectivity index (χ0n) is 12.5. The van der Waals surface area contributed by atoms with E-state index in [4.69, 9.17) is 20.8 Å². The van der Waals surface area contributed by atoms with Crippen molar-refractivity contribution < 1.29 is 13.9 Å². The van der Waals surface area contributed by atoms with Crippen molar-refractivity contribution >= 4 is 34.5 Å². The second kappa shape index (κ2) is 6.67. The zero-order chi connectivity index (χ0) is 16.2. The number of pyridine rings is 1. The van der Waals surface area contributed by atoms with Gasteiger partial charge < -0.3 is 9.15 Å². The number of furan rings is 1. The summed E-state index contributed by atoms with van der Waals surface area (Å²) in [4.78, 5) is 16.2. The van der Waals surface area contributed by atoms with Crippen molar-refractivity contribution in [2.75, 3.05) is 0 Å². The summed E-state index contributed by atoms with van der Waals surface area (Å²) in [6.45, 7) is 1.94. The Morgan fingerprint density at radius 3 is 2.91 bits per heavy atom. The van der Waals surface area contributed by atoms with Crippen LogP contribution < -0.4 is 0 Å². The Bertz CT molecular complexity index is 869. The highest BCUT2D eigenvalue weighted by molar-refractivity contribution is 6.32. The second-order valence-electron chi connectivity index (χ2n) is 4.97. The first-order valence-corrected chi connectivity index (χ1v) is 7.45. The molecule has 0 saturated heterocycles. The van der Waals surface area contributed by atoms with Gasteiger partial charge in [0.05, 0.1) is 22.5 Å². The maximum Gasteiger partial charge on any atom is 0.331 e. The van der Waals surface area contributed by atoms with Crippen molar-refractivity contribution in [2.24, 2.45) is 0 Å². The summed E-state index contributed by atoms with van der Waals surface area (Å²) < 4.78 is 10.3. The average molecular weight is 328 g/mol. The second-order valence-corrected chi connectivity index (χ2v) is 5.35. The minimum atomic E-state index is -0.481. The number of aryl methyl sites for hydroxylation is 1. The SMILES string of the molecule is Cc1c(Cl)c(COC(=O)/C=C/c2ccco2)nc2ccccc12. The molecule has 0 amide bonds. The van der Waals surface area contributed by atoms with Crippen LogP contribution in [0.25, 0.3) is 17.0 Å². The van der Waals surface area contributed by atoms with E-state index in [0.717, 1.165) is 16.5 Å². The lowest BCUT2D eigenvalue weighted by Gasteiger charge is -2.09. The smallest absolute Gasteiger partial charge is 0.331 e. The highest BCUT2D eigenvalue weighted by Crippen LogP contribution is 2.27. The number of para-hydroxylation sites is 1. The molecule has 0 unspecified atom stereocenters. The molecule has 2 aromatic heterocycles. The number of carbonyl (C=O) groups is 1. The monoisotopic (exact) mass is 327 g/mol. The Hall–Kier alpha value is -2.59. The largest absolute Gasteiger partial charge is 0.465 e. The van der Waals surface area contributed by atoms with Crippen LogP contribution >= 0.6 is 11.6 Å². The van der Waals surface area contributed by atoms with Gasteiger partial charge in [0.25, 0.3) is 0 Å². The Morgan fingerprint density at radius 1 is 1.30 bits per heavy atom. The lowest BCUT2D eigenvalue weighted by atomic mass is 10.1. The van der Waals surface area contributed by atoms with E-state index in [2.05, 4.69) is 4.98 Å². The number of aromatic nitrogens is 1. The van der Waals surface area contributed by atoms with Crippen molar-refractivity contribution in [3.05, 3.63) is 70.8 Å². The van der Waals surface area contributed by atoms with Gasteiger partial charge in [-0.2, -0.15) is 0 Å². The molecule has 0 aliphatic rings. The molecule has 0 spiro atoms. The minimum absolute atomic E-state index is 0.0197. The van der Waals surface area contributed by atoms with Gasteiger partial charge in [-0.25, -0.2) is 9.78 Å². The summed E-state index contributed by atoms with van der Waals surface area (Å²) in [6.07, 6.45) is 4.39. The number of benzene rings is 1. The molecule has 5 heteroatoms. The van der Waals surface area contributed by atoms with Gasteiger partial charge in [0.2, 0.25) is 0 Å². The van der Waals surface area contributed by atoms with E-state index in [1.165, 1.54) is 12.3 Å². The molecule has 3 aromatic rings. The van der Waals surface area contributed by atoms with Gasteiger partial charge in [-0.1, -0.05) is 29.8 Å². The first-order chi connectivity index (χ1) is 11.1.